The molecule has 4 nitrogen and oxygen atoms in total. The average molecular weight is 257 g/mol. The number of carbonyl (C=O) groups excluding carboxylic acids is 1. The minimum absolute atomic E-state index is 0.208. The Labute approximate surface area is 109 Å². The molecule has 0 saturated carbocycles. The predicted molar refractivity (Wildman–Crippen MR) is 66.7 cm³/mol. The molecule has 0 aliphatic carbocycles. The van der Waals surface area contributed by atoms with Crippen LogP contribution in [0.3, 0.4) is 0 Å². The normalized spacial score (nSPS) is 13.5. The van der Waals surface area contributed by atoms with Crippen molar-refractivity contribution in [3.63, 3.8) is 0 Å². The number of aryl methyl sites for hydroxylation is 1. The Morgan fingerprint density at radius 3 is 2.79 bits per heavy atom. The van der Waals surface area contributed by atoms with Gasteiger partial charge in [0.05, 0.1) is 11.8 Å². The lowest BCUT2D eigenvalue weighted by Gasteiger charge is -2.14. The fourth-order valence-corrected chi connectivity index (χ4v) is 2.26. The fourth-order valence-electron chi connectivity index (χ4n) is 2.26. The van der Waals surface area contributed by atoms with Crippen molar-refractivity contribution >= 4 is 5.91 Å². The highest BCUT2D eigenvalue weighted by molar-refractivity contribution is 5.94. The van der Waals surface area contributed by atoms with Gasteiger partial charge in [0, 0.05) is 31.2 Å². The Morgan fingerprint density at radius 1 is 1.21 bits per heavy atom. The highest BCUT2D eigenvalue weighted by Gasteiger charge is 2.24. The van der Waals surface area contributed by atoms with Gasteiger partial charge >= 0.3 is 0 Å². The topological polar surface area (TPSA) is 46.1 Å². The number of aromatic nitrogens is 2. The van der Waals surface area contributed by atoms with Crippen LogP contribution in [-0.4, -0.2) is 20.8 Å². The summed E-state index contributed by atoms with van der Waals surface area (Å²) >= 11 is 0. The summed E-state index contributed by atoms with van der Waals surface area (Å²) in [7, 11) is 0. The van der Waals surface area contributed by atoms with Gasteiger partial charge in [0.15, 0.2) is 0 Å². The molecule has 0 saturated heterocycles. The highest BCUT2D eigenvalue weighted by Crippen LogP contribution is 2.24. The van der Waals surface area contributed by atoms with Gasteiger partial charge < -0.3 is 4.90 Å². The van der Waals surface area contributed by atoms with E-state index in [0.717, 1.165) is 23.0 Å². The second-order valence-electron chi connectivity index (χ2n) is 4.65. The lowest BCUT2D eigenvalue weighted by Crippen LogP contribution is -2.25. The van der Waals surface area contributed by atoms with Gasteiger partial charge in [-0.25, -0.2) is 4.39 Å². The first-order valence-electron chi connectivity index (χ1n) is 5.98. The minimum atomic E-state index is -0.500. The molecule has 1 amide bonds. The molecule has 0 bridgehead atoms. The maximum atomic E-state index is 13.1. The van der Waals surface area contributed by atoms with E-state index in [2.05, 4.69) is 9.97 Å². The molecule has 3 rings (SSSR count). The van der Waals surface area contributed by atoms with E-state index in [4.69, 9.17) is 0 Å². The summed E-state index contributed by atoms with van der Waals surface area (Å²) in [5.41, 5.74) is 3.35. The summed E-state index contributed by atoms with van der Waals surface area (Å²) in [6.45, 7) is 2.97. The van der Waals surface area contributed by atoms with E-state index in [1.165, 1.54) is 12.3 Å². The first-order valence-corrected chi connectivity index (χ1v) is 5.98. The SMILES string of the molecule is Cc1cc2c(cn1)CN(C(=O)c1cncc(F)c1)C2. The molecule has 5 heteroatoms. The van der Waals surface area contributed by atoms with Crippen LogP contribution >= 0.6 is 0 Å². The number of fused-ring (bicyclic) bond motifs is 1. The van der Waals surface area contributed by atoms with E-state index in [1.807, 2.05) is 13.0 Å². The number of hydrogen-bond acceptors (Lipinski definition) is 3. The second-order valence-corrected chi connectivity index (χ2v) is 4.65. The first kappa shape index (κ1) is 11.8. The lowest BCUT2D eigenvalue weighted by molar-refractivity contribution is 0.0750. The lowest BCUT2D eigenvalue weighted by atomic mass is 10.2. The molecule has 3 heterocycles. The summed E-state index contributed by atoms with van der Waals surface area (Å²) in [6, 6.07) is 3.19. The van der Waals surface area contributed by atoms with Gasteiger partial charge in [-0.3, -0.25) is 14.8 Å². The number of carbonyl (C=O) groups is 1. The summed E-state index contributed by atoms with van der Waals surface area (Å²) in [5, 5.41) is 0. The number of hydrogen-bond donors (Lipinski definition) is 0. The van der Waals surface area contributed by atoms with Crippen LogP contribution in [0.5, 0.6) is 0 Å². The third kappa shape index (κ3) is 2.19. The van der Waals surface area contributed by atoms with Crippen LogP contribution in [0.25, 0.3) is 0 Å². The molecular formula is C14H12FN3O. The van der Waals surface area contributed by atoms with Crippen LogP contribution in [-0.2, 0) is 13.1 Å². The van der Waals surface area contributed by atoms with Crippen LogP contribution in [0, 0.1) is 12.7 Å². The van der Waals surface area contributed by atoms with Crippen molar-refractivity contribution in [1.29, 1.82) is 0 Å². The summed E-state index contributed by atoms with van der Waals surface area (Å²) in [5.74, 6) is -0.707. The van der Waals surface area contributed by atoms with Crippen LogP contribution in [0.1, 0.15) is 27.2 Å². The molecule has 0 radical (unpaired) electrons. The van der Waals surface area contributed by atoms with Gasteiger partial charge in [-0.15, -0.1) is 0 Å². The molecule has 0 N–H and O–H groups in total. The molecule has 0 unspecified atom stereocenters. The highest BCUT2D eigenvalue weighted by atomic mass is 19.1. The van der Waals surface area contributed by atoms with Gasteiger partial charge in [0.1, 0.15) is 5.82 Å². The second kappa shape index (κ2) is 4.42. The third-order valence-electron chi connectivity index (χ3n) is 3.18. The van der Waals surface area contributed by atoms with Gasteiger partial charge in [-0.05, 0) is 30.2 Å². The van der Waals surface area contributed by atoms with Crippen molar-refractivity contribution < 1.29 is 9.18 Å². The van der Waals surface area contributed by atoms with E-state index in [1.54, 1.807) is 11.1 Å². The largest absolute Gasteiger partial charge is 0.330 e. The Morgan fingerprint density at radius 2 is 2.00 bits per heavy atom. The van der Waals surface area contributed by atoms with Gasteiger partial charge in [0.25, 0.3) is 5.91 Å². The predicted octanol–water partition coefficient (Wildman–Crippen LogP) is 2.08. The minimum Gasteiger partial charge on any atom is -0.330 e. The van der Waals surface area contributed by atoms with E-state index < -0.39 is 5.82 Å². The van der Waals surface area contributed by atoms with E-state index in [0.29, 0.717) is 13.1 Å². The molecular weight excluding hydrogens is 245 g/mol. The van der Waals surface area contributed by atoms with E-state index in [9.17, 15) is 9.18 Å². The molecule has 0 aromatic carbocycles. The fraction of sp³-hybridized carbons (Fsp3) is 0.214. The summed E-state index contributed by atoms with van der Waals surface area (Å²) < 4.78 is 13.1. The van der Waals surface area contributed by atoms with Crippen molar-refractivity contribution in [3.05, 3.63) is 58.9 Å². The van der Waals surface area contributed by atoms with E-state index in [-0.39, 0.29) is 11.5 Å². The monoisotopic (exact) mass is 257 g/mol. The van der Waals surface area contributed by atoms with Crippen molar-refractivity contribution in [3.8, 4) is 0 Å². The third-order valence-corrected chi connectivity index (χ3v) is 3.18. The molecule has 2 aromatic rings. The van der Waals surface area contributed by atoms with Crippen LogP contribution in [0.2, 0.25) is 0 Å². The number of amides is 1. The number of pyridine rings is 2. The van der Waals surface area contributed by atoms with E-state index >= 15 is 0 Å². The van der Waals surface area contributed by atoms with Crippen LogP contribution in [0.15, 0.2) is 30.7 Å². The number of rotatable bonds is 1. The summed E-state index contributed by atoms with van der Waals surface area (Å²) in [4.78, 5) is 21.8. The average Bonchev–Trinajstić information content (AvgIpc) is 2.80. The molecule has 0 atom stereocenters. The zero-order valence-corrected chi connectivity index (χ0v) is 10.4. The number of nitrogens with zero attached hydrogens (tertiary/aromatic N) is 3. The Hall–Kier alpha value is -2.30. The molecule has 1 aliphatic rings. The molecule has 96 valence electrons. The smallest absolute Gasteiger partial charge is 0.256 e. The Bertz CT molecular complexity index is 657. The van der Waals surface area contributed by atoms with Crippen LogP contribution in [0.4, 0.5) is 4.39 Å². The quantitative estimate of drug-likeness (QED) is 0.785. The standard InChI is InChI=1S/C14H12FN3O/c1-9-2-11-7-18(8-12(11)5-17-9)14(19)10-3-13(15)6-16-4-10/h2-6H,7-8H2,1H3. The van der Waals surface area contributed by atoms with Crippen molar-refractivity contribution in [2.75, 3.05) is 0 Å². The zero-order valence-electron chi connectivity index (χ0n) is 10.4. The molecule has 2 aromatic heterocycles. The Kier molecular flexibility index (Phi) is 2.74. The van der Waals surface area contributed by atoms with Gasteiger partial charge in [-0.2, -0.15) is 0 Å². The van der Waals surface area contributed by atoms with Crippen LogP contribution < -0.4 is 0 Å². The Balaban J connectivity index is 1.85. The molecule has 19 heavy (non-hydrogen) atoms. The van der Waals surface area contributed by atoms with Crippen molar-refractivity contribution in [2.24, 2.45) is 0 Å². The summed E-state index contributed by atoms with van der Waals surface area (Å²) in [6.07, 6.45) is 4.27. The zero-order chi connectivity index (χ0) is 13.4. The van der Waals surface area contributed by atoms with Crippen molar-refractivity contribution in [2.45, 2.75) is 20.0 Å². The first-order chi connectivity index (χ1) is 9.13. The molecule has 1 aliphatic heterocycles. The molecule has 0 spiro atoms. The molecule has 0 fully saturated rings. The maximum absolute atomic E-state index is 13.1. The van der Waals surface area contributed by atoms with Crippen molar-refractivity contribution in [1.82, 2.24) is 14.9 Å². The van der Waals surface area contributed by atoms with Gasteiger partial charge in [-0.1, -0.05) is 0 Å². The maximum Gasteiger partial charge on any atom is 0.256 e. The number of halogens is 1. The van der Waals surface area contributed by atoms with Gasteiger partial charge in [0.2, 0.25) is 0 Å².